The summed E-state index contributed by atoms with van der Waals surface area (Å²) in [5.74, 6) is -0.311. The average Bonchev–Trinajstić information content (AvgIpc) is 2.59. The van der Waals surface area contributed by atoms with Crippen LogP contribution in [0.1, 0.15) is 17.3 Å². The Bertz CT molecular complexity index is 995. The quantitative estimate of drug-likeness (QED) is 0.631. The van der Waals surface area contributed by atoms with Gasteiger partial charge in [-0.25, -0.2) is 4.79 Å². The van der Waals surface area contributed by atoms with Gasteiger partial charge in [0.15, 0.2) is 0 Å². The summed E-state index contributed by atoms with van der Waals surface area (Å²) in [5.41, 5.74) is 0.810. The molecule has 0 spiro atoms. The number of para-hydroxylation sites is 2. The van der Waals surface area contributed by atoms with Gasteiger partial charge >= 0.3 is 5.63 Å². The summed E-state index contributed by atoms with van der Waals surface area (Å²) in [6.45, 7) is 2.64. The summed E-state index contributed by atoms with van der Waals surface area (Å²) in [6, 6.07) is 16.6. The van der Waals surface area contributed by atoms with Crippen LogP contribution in [0.4, 0.5) is 5.69 Å². The lowest BCUT2D eigenvalue weighted by molar-refractivity contribution is 0.0983. The first-order valence-corrected chi connectivity index (χ1v) is 8.62. The van der Waals surface area contributed by atoms with Crippen molar-refractivity contribution in [3.05, 3.63) is 70.6 Å². The van der Waals surface area contributed by atoms with Crippen molar-refractivity contribution in [2.24, 2.45) is 0 Å². The summed E-state index contributed by atoms with van der Waals surface area (Å²) >= 11 is 1.74. The monoisotopic (exact) mass is 337 g/mol. The minimum Gasteiger partial charge on any atom is -0.422 e. The fraction of sp³-hybridized carbons (Fsp3) is 0.158. The van der Waals surface area contributed by atoms with Crippen LogP contribution in [0.3, 0.4) is 0 Å². The van der Waals surface area contributed by atoms with Gasteiger partial charge in [0.2, 0.25) is 0 Å². The van der Waals surface area contributed by atoms with Gasteiger partial charge in [0, 0.05) is 22.1 Å². The number of hydrogen-bond donors (Lipinski definition) is 0. The summed E-state index contributed by atoms with van der Waals surface area (Å²) in [7, 11) is 0. The van der Waals surface area contributed by atoms with E-state index in [9.17, 15) is 9.59 Å². The van der Waals surface area contributed by atoms with Crippen LogP contribution in [0.25, 0.3) is 11.0 Å². The number of carbonyl (C=O) groups is 1. The molecule has 0 N–H and O–H groups in total. The first-order valence-electron chi connectivity index (χ1n) is 7.74. The Morgan fingerprint density at radius 1 is 1.17 bits per heavy atom. The molecule has 1 aliphatic heterocycles. The van der Waals surface area contributed by atoms with E-state index in [1.165, 1.54) is 0 Å². The smallest absolute Gasteiger partial charge is 0.349 e. The van der Waals surface area contributed by atoms with E-state index >= 15 is 0 Å². The predicted molar refractivity (Wildman–Crippen MR) is 95.9 cm³/mol. The lowest BCUT2D eigenvalue weighted by atomic mass is 10.1. The molecule has 0 saturated heterocycles. The minimum atomic E-state index is -0.595. The molecule has 1 aliphatic rings. The summed E-state index contributed by atoms with van der Waals surface area (Å²) in [6.07, 6.45) is 0. The van der Waals surface area contributed by atoms with Gasteiger partial charge in [0.1, 0.15) is 11.1 Å². The average molecular weight is 337 g/mol. The number of nitrogens with zero attached hydrogens (tertiary/aromatic N) is 1. The molecular weight excluding hydrogens is 322 g/mol. The standard InChI is InChI=1S/C19H15NO3S/c1-12-11-20(15-7-3-5-9-17(15)24-12)18(21)14-10-13-6-2-4-8-16(13)23-19(14)22/h2-10,12H,11H2,1H3. The maximum atomic E-state index is 13.0. The topological polar surface area (TPSA) is 50.5 Å². The van der Waals surface area contributed by atoms with E-state index in [0.29, 0.717) is 12.1 Å². The molecule has 0 bridgehead atoms. The Morgan fingerprint density at radius 2 is 1.92 bits per heavy atom. The molecule has 0 aliphatic carbocycles. The van der Waals surface area contributed by atoms with Crippen LogP contribution in [-0.2, 0) is 0 Å². The van der Waals surface area contributed by atoms with Crippen LogP contribution in [0.2, 0.25) is 0 Å². The zero-order chi connectivity index (χ0) is 16.7. The van der Waals surface area contributed by atoms with Gasteiger partial charge in [-0.05, 0) is 24.3 Å². The molecule has 24 heavy (non-hydrogen) atoms. The number of anilines is 1. The highest BCUT2D eigenvalue weighted by atomic mass is 32.2. The Labute approximate surface area is 143 Å². The number of hydrogen-bond acceptors (Lipinski definition) is 4. The molecule has 5 heteroatoms. The first kappa shape index (κ1) is 15.0. The molecule has 0 fully saturated rings. The van der Waals surface area contributed by atoms with Crippen molar-refractivity contribution < 1.29 is 9.21 Å². The second kappa shape index (κ2) is 5.83. The molecule has 1 aromatic heterocycles. The SMILES string of the molecule is CC1CN(C(=O)c2cc3ccccc3oc2=O)c2ccccc2S1. The Hall–Kier alpha value is -2.53. The fourth-order valence-corrected chi connectivity index (χ4v) is 4.05. The van der Waals surface area contributed by atoms with Gasteiger partial charge in [-0.1, -0.05) is 37.3 Å². The number of fused-ring (bicyclic) bond motifs is 2. The molecule has 0 radical (unpaired) electrons. The lowest BCUT2D eigenvalue weighted by Crippen LogP contribution is -2.40. The number of carbonyl (C=O) groups excluding carboxylic acids is 1. The van der Waals surface area contributed by atoms with Crippen LogP contribution >= 0.6 is 11.8 Å². The van der Waals surface area contributed by atoms with Crippen LogP contribution in [0, 0.1) is 0 Å². The largest absolute Gasteiger partial charge is 0.422 e. The maximum absolute atomic E-state index is 13.0. The molecule has 120 valence electrons. The van der Waals surface area contributed by atoms with Gasteiger partial charge in [0.25, 0.3) is 5.91 Å². The zero-order valence-corrected chi connectivity index (χ0v) is 13.9. The molecule has 4 rings (SSSR count). The molecule has 0 saturated carbocycles. The van der Waals surface area contributed by atoms with Crippen molar-refractivity contribution in [2.45, 2.75) is 17.1 Å². The highest BCUT2D eigenvalue weighted by molar-refractivity contribution is 8.00. The van der Waals surface area contributed by atoms with Crippen LogP contribution < -0.4 is 10.5 Å². The van der Waals surface area contributed by atoms with Crippen molar-refractivity contribution in [2.75, 3.05) is 11.4 Å². The molecule has 1 atom stereocenters. The van der Waals surface area contributed by atoms with Crippen molar-refractivity contribution in [1.29, 1.82) is 0 Å². The third-order valence-corrected chi connectivity index (χ3v) is 5.19. The zero-order valence-electron chi connectivity index (χ0n) is 13.1. The molecular formula is C19H15NO3S. The number of benzene rings is 2. The lowest BCUT2D eigenvalue weighted by Gasteiger charge is -2.32. The van der Waals surface area contributed by atoms with Gasteiger partial charge in [-0.15, -0.1) is 11.8 Å². The highest BCUT2D eigenvalue weighted by Crippen LogP contribution is 2.38. The van der Waals surface area contributed by atoms with Gasteiger partial charge in [-0.3, -0.25) is 4.79 Å². The summed E-state index contributed by atoms with van der Waals surface area (Å²) in [5, 5.41) is 1.00. The van der Waals surface area contributed by atoms with E-state index in [0.717, 1.165) is 16.0 Å². The van der Waals surface area contributed by atoms with Crippen LogP contribution in [0.5, 0.6) is 0 Å². The molecule has 1 unspecified atom stereocenters. The molecule has 2 heterocycles. The van der Waals surface area contributed by atoms with Gasteiger partial charge < -0.3 is 9.32 Å². The molecule has 4 nitrogen and oxygen atoms in total. The Balaban J connectivity index is 1.82. The Kier molecular flexibility index (Phi) is 3.65. The van der Waals surface area contributed by atoms with Crippen molar-refractivity contribution in [3.63, 3.8) is 0 Å². The fourth-order valence-electron chi connectivity index (χ4n) is 2.94. The molecule has 3 aromatic rings. The molecule has 2 aromatic carbocycles. The second-order valence-electron chi connectivity index (χ2n) is 5.80. The van der Waals surface area contributed by atoms with Crippen molar-refractivity contribution in [1.82, 2.24) is 0 Å². The van der Waals surface area contributed by atoms with E-state index in [-0.39, 0.29) is 16.7 Å². The predicted octanol–water partition coefficient (Wildman–Crippen LogP) is 3.93. The third-order valence-electron chi connectivity index (χ3n) is 4.04. The second-order valence-corrected chi connectivity index (χ2v) is 7.28. The summed E-state index contributed by atoms with van der Waals surface area (Å²) in [4.78, 5) is 28.0. The van der Waals surface area contributed by atoms with E-state index in [2.05, 4.69) is 6.92 Å². The molecule has 1 amide bonds. The van der Waals surface area contributed by atoms with E-state index in [4.69, 9.17) is 4.42 Å². The first-order chi connectivity index (χ1) is 11.6. The number of thioether (sulfide) groups is 1. The van der Waals surface area contributed by atoms with Gasteiger partial charge in [-0.2, -0.15) is 0 Å². The minimum absolute atomic E-state index is 0.0719. The van der Waals surface area contributed by atoms with E-state index in [1.807, 2.05) is 36.4 Å². The Morgan fingerprint density at radius 3 is 2.79 bits per heavy atom. The number of rotatable bonds is 1. The van der Waals surface area contributed by atoms with Crippen molar-refractivity contribution in [3.8, 4) is 0 Å². The van der Waals surface area contributed by atoms with E-state index < -0.39 is 5.63 Å². The normalized spacial score (nSPS) is 16.9. The van der Waals surface area contributed by atoms with E-state index in [1.54, 1.807) is 34.9 Å². The van der Waals surface area contributed by atoms with Crippen LogP contribution in [0.15, 0.2) is 68.7 Å². The van der Waals surface area contributed by atoms with Crippen molar-refractivity contribution >= 4 is 34.3 Å². The van der Waals surface area contributed by atoms with Gasteiger partial charge in [0.05, 0.1) is 5.69 Å². The number of amides is 1. The maximum Gasteiger partial charge on any atom is 0.349 e. The highest BCUT2D eigenvalue weighted by Gasteiger charge is 2.29. The summed E-state index contributed by atoms with van der Waals surface area (Å²) < 4.78 is 5.31. The van der Waals surface area contributed by atoms with Crippen LogP contribution in [-0.4, -0.2) is 17.7 Å². The third kappa shape index (κ3) is 2.51.